The highest BCUT2D eigenvalue weighted by Crippen LogP contribution is 2.27. The molecule has 0 saturated heterocycles. The third kappa shape index (κ3) is 4.36. The largest absolute Gasteiger partial charge is 0.495 e. The van der Waals surface area contributed by atoms with Crippen LogP contribution >= 0.6 is 11.6 Å². The van der Waals surface area contributed by atoms with Gasteiger partial charge in [0.05, 0.1) is 12.1 Å². The summed E-state index contributed by atoms with van der Waals surface area (Å²) in [6.07, 6.45) is 0. The molecule has 0 unspecified atom stereocenters. The molecular formula is C15H13ClFNO3. The molecule has 0 spiro atoms. The number of carbonyl (C=O) groups excluding carboxylic acids is 1. The van der Waals surface area contributed by atoms with Crippen molar-refractivity contribution in [3.05, 3.63) is 53.3 Å². The van der Waals surface area contributed by atoms with E-state index in [4.69, 9.17) is 21.1 Å². The van der Waals surface area contributed by atoms with E-state index in [1.54, 1.807) is 18.2 Å². The van der Waals surface area contributed by atoms with Crippen LogP contribution in [0.4, 0.5) is 10.1 Å². The maximum atomic E-state index is 12.7. The maximum absolute atomic E-state index is 12.7. The van der Waals surface area contributed by atoms with Crippen LogP contribution < -0.4 is 14.8 Å². The first-order valence-electron chi connectivity index (χ1n) is 6.10. The van der Waals surface area contributed by atoms with Crippen molar-refractivity contribution in [3.63, 3.8) is 0 Å². The van der Waals surface area contributed by atoms with Gasteiger partial charge >= 0.3 is 0 Å². The lowest BCUT2D eigenvalue weighted by molar-refractivity contribution is -0.118. The third-order valence-electron chi connectivity index (χ3n) is 2.62. The summed E-state index contributed by atoms with van der Waals surface area (Å²) in [4.78, 5) is 11.7. The smallest absolute Gasteiger partial charge is 0.262 e. The molecule has 6 heteroatoms. The number of ether oxygens (including phenoxy) is 2. The standard InChI is InChI=1S/C15H13ClFNO3/c1-20-14-7-4-11(8-13(14)16)18-15(19)9-21-12-5-2-10(17)3-6-12/h2-8H,9H2,1H3,(H,18,19). The molecule has 0 heterocycles. The normalized spacial score (nSPS) is 10.0. The fourth-order valence-electron chi connectivity index (χ4n) is 1.62. The number of benzene rings is 2. The summed E-state index contributed by atoms with van der Waals surface area (Å²) >= 11 is 5.96. The van der Waals surface area contributed by atoms with E-state index in [1.807, 2.05) is 0 Å². The van der Waals surface area contributed by atoms with Crippen molar-refractivity contribution in [2.24, 2.45) is 0 Å². The zero-order chi connectivity index (χ0) is 15.2. The summed E-state index contributed by atoms with van der Waals surface area (Å²) in [7, 11) is 1.51. The van der Waals surface area contributed by atoms with Gasteiger partial charge in [-0.2, -0.15) is 0 Å². The molecule has 0 atom stereocenters. The number of methoxy groups -OCH3 is 1. The van der Waals surface area contributed by atoms with E-state index < -0.39 is 0 Å². The predicted molar refractivity (Wildman–Crippen MR) is 78.5 cm³/mol. The Kier molecular flexibility index (Phi) is 5.00. The second kappa shape index (κ2) is 6.95. The Labute approximate surface area is 126 Å². The van der Waals surface area contributed by atoms with Crippen molar-refractivity contribution in [2.45, 2.75) is 0 Å². The lowest BCUT2D eigenvalue weighted by Gasteiger charge is -2.09. The number of halogens is 2. The molecule has 0 saturated carbocycles. The van der Waals surface area contributed by atoms with E-state index in [2.05, 4.69) is 5.32 Å². The number of hydrogen-bond acceptors (Lipinski definition) is 3. The SMILES string of the molecule is COc1ccc(NC(=O)COc2ccc(F)cc2)cc1Cl. The van der Waals surface area contributed by atoms with Crippen molar-refractivity contribution in [1.29, 1.82) is 0 Å². The summed E-state index contributed by atoms with van der Waals surface area (Å²) in [5.74, 6) is 0.233. The van der Waals surface area contributed by atoms with Crippen LogP contribution in [0.5, 0.6) is 11.5 Å². The summed E-state index contributed by atoms with van der Waals surface area (Å²) in [6.45, 7) is -0.185. The molecule has 21 heavy (non-hydrogen) atoms. The molecule has 2 rings (SSSR count). The quantitative estimate of drug-likeness (QED) is 0.919. The highest BCUT2D eigenvalue weighted by atomic mass is 35.5. The molecular weight excluding hydrogens is 297 g/mol. The van der Waals surface area contributed by atoms with Crippen molar-refractivity contribution in [2.75, 3.05) is 19.0 Å². The van der Waals surface area contributed by atoms with Gasteiger partial charge in [0.15, 0.2) is 6.61 Å². The van der Waals surface area contributed by atoms with Gasteiger partial charge in [0.2, 0.25) is 0 Å². The first-order chi connectivity index (χ1) is 10.1. The van der Waals surface area contributed by atoms with E-state index in [0.29, 0.717) is 22.2 Å². The minimum absolute atomic E-state index is 0.185. The minimum atomic E-state index is -0.361. The monoisotopic (exact) mass is 309 g/mol. The second-order valence-corrected chi connectivity index (χ2v) is 4.55. The Bertz CT molecular complexity index is 631. The molecule has 2 aromatic carbocycles. The van der Waals surface area contributed by atoms with Crippen LogP contribution in [0.2, 0.25) is 5.02 Å². The zero-order valence-corrected chi connectivity index (χ0v) is 12.0. The Morgan fingerprint density at radius 1 is 1.24 bits per heavy atom. The number of nitrogens with one attached hydrogen (secondary N) is 1. The predicted octanol–water partition coefficient (Wildman–Crippen LogP) is 3.51. The molecule has 0 fully saturated rings. The molecule has 4 nitrogen and oxygen atoms in total. The van der Waals surface area contributed by atoms with Crippen LogP contribution in [0.25, 0.3) is 0 Å². The first-order valence-corrected chi connectivity index (χ1v) is 6.48. The van der Waals surface area contributed by atoms with Crippen LogP contribution in [-0.2, 0) is 4.79 Å². The van der Waals surface area contributed by atoms with Gasteiger partial charge < -0.3 is 14.8 Å². The van der Waals surface area contributed by atoms with Gasteiger partial charge in [-0.3, -0.25) is 4.79 Å². The van der Waals surface area contributed by atoms with Crippen molar-refractivity contribution in [3.8, 4) is 11.5 Å². The average Bonchev–Trinajstić information content (AvgIpc) is 2.47. The van der Waals surface area contributed by atoms with Crippen LogP contribution in [0.1, 0.15) is 0 Å². The summed E-state index contributed by atoms with van der Waals surface area (Å²) < 4.78 is 23.0. The fourth-order valence-corrected chi connectivity index (χ4v) is 1.88. The third-order valence-corrected chi connectivity index (χ3v) is 2.91. The van der Waals surface area contributed by atoms with E-state index in [1.165, 1.54) is 31.4 Å². The molecule has 0 aromatic heterocycles. The Morgan fingerprint density at radius 2 is 1.95 bits per heavy atom. The van der Waals surface area contributed by atoms with Gasteiger partial charge in [0.25, 0.3) is 5.91 Å². The first kappa shape index (κ1) is 15.1. The lowest BCUT2D eigenvalue weighted by Crippen LogP contribution is -2.20. The fraction of sp³-hybridized carbons (Fsp3) is 0.133. The van der Waals surface area contributed by atoms with Crippen LogP contribution in [-0.4, -0.2) is 19.6 Å². The van der Waals surface area contributed by atoms with Gasteiger partial charge in [0, 0.05) is 5.69 Å². The van der Waals surface area contributed by atoms with Crippen molar-refractivity contribution in [1.82, 2.24) is 0 Å². The van der Waals surface area contributed by atoms with E-state index in [0.717, 1.165) is 0 Å². The molecule has 0 aliphatic heterocycles. The number of anilines is 1. The van der Waals surface area contributed by atoms with Crippen LogP contribution in [0, 0.1) is 5.82 Å². The Morgan fingerprint density at radius 3 is 2.57 bits per heavy atom. The van der Waals surface area contributed by atoms with Crippen LogP contribution in [0.3, 0.4) is 0 Å². The van der Waals surface area contributed by atoms with Gasteiger partial charge in [-0.25, -0.2) is 4.39 Å². The lowest BCUT2D eigenvalue weighted by atomic mass is 10.3. The average molecular weight is 310 g/mol. The van der Waals surface area contributed by atoms with Gasteiger partial charge in [-0.1, -0.05) is 11.6 Å². The highest BCUT2D eigenvalue weighted by Gasteiger charge is 2.06. The summed E-state index contributed by atoms with van der Waals surface area (Å²) in [5.41, 5.74) is 0.536. The molecule has 1 amide bonds. The maximum Gasteiger partial charge on any atom is 0.262 e. The number of hydrogen-bond donors (Lipinski definition) is 1. The molecule has 0 bridgehead atoms. The zero-order valence-electron chi connectivity index (χ0n) is 11.2. The molecule has 2 aromatic rings. The molecule has 1 N–H and O–H groups in total. The topological polar surface area (TPSA) is 47.6 Å². The Balaban J connectivity index is 1.89. The molecule has 0 radical (unpaired) electrons. The van der Waals surface area contributed by atoms with E-state index in [-0.39, 0.29) is 18.3 Å². The summed E-state index contributed by atoms with van der Waals surface area (Å²) in [6, 6.07) is 10.3. The molecule has 0 aliphatic carbocycles. The van der Waals surface area contributed by atoms with Gasteiger partial charge in [-0.15, -0.1) is 0 Å². The summed E-state index contributed by atoms with van der Waals surface area (Å²) in [5, 5.41) is 3.04. The molecule has 110 valence electrons. The van der Waals surface area contributed by atoms with Crippen LogP contribution in [0.15, 0.2) is 42.5 Å². The minimum Gasteiger partial charge on any atom is -0.495 e. The van der Waals surface area contributed by atoms with Crippen molar-refractivity contribution < 1.29 is 18.7 Å². The number of carbonyl (C=O) groups is 1. The van der Waals surface area contributed by atoms with Gasteiger partial charge in [0.1, 0.15) is 17.3 Å². The van der Waals surface area contributed by atoms with Crippen molar-refractivity contribution >= 4 is 23.2 Å². The second-order valence-electron chi connectivity index (χ2n) is 4.14. The number of rotatable bonds is 5. The van der Waals surface area contributed by atoms with Gasteiger partial charge in [-0.05, 0) is 42.5 Å². The number of amides is 1. The Hall–Kier alpha value is -2.27. The molecule has 0 aliphatic rings. The highest BCUT2D eigenvalue weighted by molar-refractivity contribution is 6.32. The van der Waals surface area contributed by atoms with E-state index in [9.17, 15) is 9.18 Å². The van der Waals surface area contributed by atoms with E-state index >= 15 is 0 Å².